The van der Waals surface area contributed by atoms with E-state index in [0.29, 0.717) is 0 Å². The zero-order valence-electron chi connectivity index (χ0n) is 27.4. The monoisotopic (exact) mass is 640 g/mol. The molecule has 0 spiro atoms. The maximum atomic E-state index is 6.81. The van der Waals surface area contributed by atoms with Crippen LogP contribution in [-0.2, 0) is 0 Å². The van der Waals surface area contributed by atoms with Crippen LogP contribution in [0.25, 0.3) is 49.9 Å². The molecule has 0 aromatic heterocycles. The van der Waals surface area contributed by atoms with Gasteiger partial charge in [-0.2, -0.15) is 0 Å². The number of allylic oxidation sites excluding steroid dienone is 1. The highest BCUT2D eigenvalue weighted by Gasteiger charge is 2.14. The molecule has 0 saturated carbocycles. The molecule has 0 heterocycles. The van der Waals surface area contributed by atoms with Gasteiger partial charge in [0.15, 0.2) is 0 Å². The van der Waals surface area contributed by atoms with Crippen LogP contribution in [0.5, 0.6) is 0 Å². The van der Waals surface area contributed by atoms with Gasteiger partial charge in [0, 0.05) is 16.5 Å². The van der Waals surface area contributed by atoms with E-state index in [0.717, 1.165) is 22.4 Å². The van der Waals surface area contributed by atoms with Crippen LogP contribution in [0.15, 0.2) is 181 Å². The number of hydrogen-bond acceptors (Lipinski definition) is 3. The summed E-state index contributed by atoms with van der Waals surface area (Å²) in [7, 11) is 1.50. The van der Waals surface area contributed by atoms with Gasteiger partial charge in [-0.1, -0.05) is 158 Å². The molecule has 0 aliphatic rings. The fourth-order valence-corrected chi connectivity index (χ4v) is 7.08. The van der Waals surface area contributed by atoms with E-state index in [1.165, 1.54) is 56.1 Å². The molecule has 4 N–H and O–H groups in total. The maximum absolute atomic E-state index is 6.81. The number of fused-ring (bicyclic) bond motifs is 1. The van der Waals surface area contributed by atoms with E-state index in [9.17, 15) is 0 Å². The second kappa shape index (κ2) is 15.5. The minimum Gasteiger partial charge on any atom is -0.398 e. The predicted octanol–water partition coefficient (Wildman–Crippen LogP) is 11.3. The summed E-state index contributed by atoms with van der Waals surface area (Å²) in [6, 6.07) is 60.5. The number of nitrogens with two attached hydrogens (primary N) is 2. The van der Waals surface area contributed by atoms with Gasteiger partial charge in [-0.15, -0.1) is 11.8 Å². The largest absolute Gasteiger partial charge is 0.398 e. The Bertz CT molecular complexity index is 2100. The molecule has 0 fully saturated rings. The third-order valence-corrected chi connectivity index (χ3v) is 9.52. The zero-order chi connectivity index (χ0) is 33.3. The topological polar surface area (TPSA) is 52.0 Å². The van der Waals surface area contributed by atoms with Crippen molar-refractivity contribution in [3.63, 3.8) is 0 Å². The van der Waals surface area contributed by atoms with Gasteiger partial charge >= 0.3 is 0 Å². The second-order valence-corrected chi connectivity index (χ2v) is 12.3. The lowest BCUT2D eigenvalue weighted by molar-refractivity contribution is 1.02. The summed E-state index contributed by atoms with van der Waals surface area (Å²) in [4.78, 5) is 1.32. The second-order valence-electron chi connectivity index (χ2n) is 11.5. The first kappa shape index (κ1) is 32.6. The zero-order valence-corrected chi connectivity index (χ0v) is 28.2. The molecule has 0 radical (unpaired) electrons. The summed E-state index contributed by atoms with van der Waals surface area (Å²) < 4.78 is 0. The third-order valence-electron chi connectivity index (χ3n) is 8.67. The van der Waals surface area contributed by atoms with Crippen LogP contribution in [-0.4, -0.2) is 13.3 Å². The Balaban J connectivity index is 0.00000197. The molecule has 7 aromatic carbocycles. The molecule has 236 valence electrons. The molecule has 0 amide bonds. The van der Waals surface area contributed by atoms with Crippen LogP contribution in [0.1, 0.15) is 22.6 Å². The molecule has 0 aliphatic carbocycles. The average Bonchev–Trinajstić information content (AvgIpc) is 3.18. The van der Waals surface area contributed by atoms with Gasteiger partial charge in [0.05, 0.1) is 0 Å². The fourth-order valence-electron chi connectivity index (χ4n) is 6.27. The molecular weight excluding hydrogens is 601 g/mol. The number of benzene rings is 7. The van der Waals surface area contributed by atoms with E-state index < -0.39 is 0 Å². The number of hydrogen-bond donors (Lipinski definition) is 2. The standard InChI is InChI=1S/C44H35NS.CH5N/c1-46-44-40-21-9-8-16-34(40)26-27-41(44)35-24-22-31(23-25-35)36-17-10-18-37(28-36)38-19-11-20-39(29-38)43(45)30-42(32-12-4-2-5-13-32)33-14-6-3-7-15-33;1-2/h2-30,42H,45H2,1H3;2H2,1H3/b43-30-;. The van der Waals surface area contributed by atoms with Crippen molar-refractivity contribution in [3.8, 4) is 33.4 Å². The molecule has 2 nitrogen and oxygen atoms in total. The summed E-state index contributed by atoms with van der Waals surface area (Å²) in [5.74, 6) is 0.0685. The van der Waals surface area contributed by atoms with Gasteiger partial charge in [-0.05, 0) is 92.4 Å². The first-order valence-corrected chi connectivity index (χ1v) is 17.4. The first-order chi connectivity index (χ1) is 23.7. The minimum atomic E-state index is 0.0685. The van der Waals surface area contributed by atoms with Gasteiger partial charge in [0.25, 0.3) is 0 Å². The van der Waals surface area contributed by atoms with Crippen molar-refractivity contribution in [3.05, 3.63) is 193 Å². The smallest absolute Gasteiger partial charge is 0.0356 e. The Kier molecular flexibility index (Phi) is 10.5. The highest BCUT2D eigenvalue weighted by atomic mass is 32.2. The Morgan fingerprint density at radius 1 is 0.521 bits per heavy atom. The minimum absolute atomic E-state index is 0.0685. The summed E-state index contributed by atoms with van der Waals surface area (Å²) in [6.07, 6.45) is 4.34. The van der Waals surface area contributed by atoms with Gasteiger partial charge in [-0.25, -0.2) is 0 Å². The lowest BCUT2D eigenvalue weighted by Gasteiger charge is -2.16. The molecule has 3 heteroatoms. The van der Waals surface area contributed by atoms with Crippen LogP contribution in [0.3, 0.4) is 0 Å². The van der Waals surface area contributed by atoms with E-state index in [-0.39, 0.29) is 5.92 Å². The quantitative estimate of drug-likeness (QED) is 0.163. The van der Waals surface area contributed by atoms with Gasteiger partial charge in [0.2, 0.25) is 0 Å². The maximum Gasteiger partial charge on any atom is 0.0356 e. The van der Waals surface area contributed by atoms with Gasteiger partial charge in [-0.3, -0.25) is 0 Å². The van der Waals surface area contributed by atoms with Crippen molar-refractivity contribution >= 4 is 28.2 Å². The van der Waals surface area contributed by atoms with Gasteiger partial charge in [0.1, 0.15) is 0 Å². The third kappa shape index (κ3) is 7.13. The van der Waals surface area contributed by atoms with E-state index in [1.807, 2.05) is 11.8 Å². The summed E-state index contributed by atoms with van der Waals surface area (Å²) in [6.45, 7) is 0. The molecule has 0 unspecified atom stereocenters. The van der Waals surface area contributed by atoms with Crippen LogP contribution < -0.4 is 11.5 Å². The summed E-state index contributed by atoms with van der Waals surface area (Å²) >= 11 is 1.81. The lowest BCUT2D eigenvalue weighted by atomic mass is 9.89. The fraction of sp³-hybridized carbons (Fsp3) is 0.0667. The van der Waals surface area contributed by atoms with Crippen LogP contribution in [0, 0.1) is 0 Å². The van der Waals surface area contributed by atoms with E-state index >= 15 is 0 Å². The van der Waals surface area contributed by atoms with Crippen molar-refractivity contribution in [2.24, 2.45) is 11.5 Å². The van der Waals surface area contributed by atoms with Crippen molar-refractivity contribution in [1.82, 2.24) is 0 Å². The van der Waals surface area contributed by atoms with Crippen molar-refractivity contribution < 1.29 is 0 Å². The molecular formula is C45H40N2S. The normalized spacial score (nSPS) is 11.3. The highest BCUT2D eigenvalue weighted by molar-refractivity contribution is 7.99. The van der Waals surface area contributed by atoms with E-state index in [1.54, 1.807) is 0 Å². The van der Waals surface area contributed by atoms with Crippen LogP contribution in [0.2, 0.25) is 0 Å². The van der Waals surface area contributed by atoms with Crippen molar-refractivity contribution in [1.29, 1.82) is 0 Å². The molecule has 7 rings (SSSR count). The lowest BCUT2D eigenvalue weighted by Crippen LogP contribution is -2.03. The summed E-state index contributed by atoms with van der Waals surface area (Å²) in [5, 5.41) is 2.58. The predicted molar refractivity (Wildman–Crippen MR) is 209 cm³/mol. The Hall–Kier alpha value is -5.35. The van der Waals surface area contributed by atoms with E-state index in [4.69, 9.17) is 5.73 Å². The van der Waals surface area contributed by atoms with Crippen LogP contribution in [0.4, 0.5) is 0 Å². The first-order valence-electron chi connectivity index (χ1n) is 16.2. The van der Waals surface area contributed by atoms with Gasteiger partial charge < -0.3 is 11.5 Å². The highest BCUT2D eigenvalue weighted by Crippen LogP contribution is 2.38. The number of thioether (sulfide) groups is 1. The Labute approximate surface area is 288 Å². The van der Waals surface area contributed by atoms with Crippen LogP contribution >= 0.6 is 11.8 Å². The molecule has 7 aromatic rings. The van der Waals surface area contributed by atoms with Crippen molar-refractivity contribution in [2.75, 3.05) is 13.3 Å². The molecule has 0 aliphatic heterocycles. The SMILES string of the molecule is CN.CSc1c(-c2ccc(-c3cccc(-c4cccc(/C(N)=C/C(c5ccccc5)c5ccccc5)c4)c3)cc2)ccc2ccccc12. The summed E-state index contributed by atoms with van der Waals surface area (Å²) in [5.41, 5.74) is 22.7. The molecule has 0 saturated heterocycles. The van der Waals surface area contributed by atoms with Crippen molar-refractivity contribution in [2.45, 2.75) is 10.8 Å². The molecule has 0 bridgehead atoms. The average molecular weight is 641 g/mol. The van der Waals surface area contributed by atoms with E-state index in [2.05, 4.69) is 188 Å². The Morgan fingerprint density at radius 3 is 1.71 bits per heavy atom. The number of rotatable bonds is 8. The Morgan fingerprint density at radius 2 is 1.06 bits per heavy atom. The molecule has 48 heavy (non-hydrogen) atoms. The molecule has 0 atom stereocenters.